The highest BCUT2D eigenvalue weighted by Gasteiger charge is 2.32. The number of ether oxygens (including phenoxy) is 7. The second-order valence-corrected chi connectivity index (χ2v) is 7.33. The molecule has 1 saturated heterocycles. The molecule has 0 N–H and O–H groups in total. The van der Waals surface area contributed by atoms with Crippen LogP contribution in [0.1, 0.15) is 26.2 Å². The summed E-state index contributed by atoms with van der Waals surface area (Å²) in [6.45, 7) is 10.9. The summed E-state index contributed by atoms with van der Waals surface area (Å²) in [4.78, 5) is 11.7. The zero-order valence-electron chi connectivity index (χ0n) is 17.6. The van der Waals surface area contributed by atoms with Crippen LogP contribution in [0.3, 0.4) is 0 Å². The van der Waals surface area contributed by atoms with Crippen LogP contribution in [0.2, 0.25) is 0 Å². The normalized spacial score (nSPS) is 29.1. The molecule has 1 aliphatic carbocycles. The van der Waals surface area contributed by atoms with Crippen molar-refractivity contribution in [1.82, 2.24) is 0 Å². The van der Waals surface area contributed by atoms with Gasteiger partial charge >= 0.3 is 5.97 Å². The highest BCUT2D eigenvalue weighted by molar-refractivity contribution is 5.86. The first kappa shape index (κ1) is 24.2. The molecule has 1 aliphatic heterocycles. The van der Waals surface area contributed by atoms with Crippen LogP contribution in [0.15, 0.2) is 12.2 Å². The molecule has 0 bridgehead atoms. The zero-order valence-corrected chi connectivity index (χ0v) is 17.6. The third-order valence-corrected chi connectivity index (χ3v) is 4.87. The van der Waals surface area contributed by atoms with Gasteiger partial charge in [-0.05, 0) is 32.1 Å². The van der Waals surface area contributed by atoms with Crippen molar-refractivity contribution in [2.75, 3.05) is 72.7 Å². The fraction of sp³-hybridized carbons (Fsp3) is 0.857. The van der Waals surface area contributed by atoms with E-state index >= 15 is 0 Å². The van der Waals surface area contributed by atoms with Gasteiger partial charge in [0.15, 0.2) is 0 Å². The molecule has 2 fully saturated rings. The van der Waals surface area contributed by atoms with E-state index in [0.717, 1.165) is 19.3 Å². The minimum Gasteiger partial charge on any atom is -0.462 e. The monoisotopic (exact) mass is 416 g/mol. The molecule has 8 nitrogen and oxygen atoms in total. The van der Waals surface area contributed by atoms with Gasteiger partial charge in [-0.25, -0.2) is 4.79 Å². The van der Waals surface area contributed by atoms with Crippen LogP contribution in [-0.4, -0.2) is 90.9 Å². The molecule has 0 aromatic carbocycles. The van der Waals surface area contributed by atoms with Crippen LogP contribution in [0, 0.1) is 5.92 Å². The van der Waals surface area contributed by atoms with Gasteiger partial charge in [0.25, 0.3) is 0 Å². The number of hydrogen-bond donors (Lipinski definition) is 0. The molecule has 0 aromatic heterocycles. The van der Waals surface area contributed by atoms with Crippen molar-refractivity contribution in [3.8, 4) is 0 Å². The first-order valence-electron chi connectivity index (χ1n) is 10.5. The van der Waals surface area contributed by atoms with Gasteiger partial charge in [0.05, 0.1) is 84.9 Å². The van der Waals surface area contributed by atoms with Gasteiger partial charge in [-0.1, -0.05) is 6.58 Å². The Kier molecular flexibility index (Phi) is 12.4. The summed E-state index contributed by atoms with van der Waals surface area (Å²) >= 11 is 0. The number of fused-ring (bicyclic) bond motifs is 1. The van der Waals surface area contributed by atoms with Crippen molar-refractivity contribution in [2.45, 2.75) is 38.4 Å². The van der Waals surface area contributed by atoms with Crippen LogP contribution in [0.4, 0.5) is 0 Å². The fourth-order valence-electron chi connectivity index (χ4n) is 3.30. The lowest BCUT2D eigenvalue weighted by atomic mass is 9.85. The molecular formula is C21H36O8. The molecule has 1 heterocycles. The molecule has 2 aliphatic rings. The Labute approximate surface area is 173 Å². The number of carbonyl (C=O) groups excluding carboxylic acids is 1. The molecule has 0 amide bonds. The maximum Gasteiger partial charge on any atom is 0.333 e. The van der Waals surface area contributed by atoms with Gasteiger partial charge in [-0.3, -0.25) is 0 Å². The summed E-state index contributed by atoms with van der Waals surface area (Å²) in [5.74, 6) is -0.0885. The second-order valence-electron chi connectivity index (χ2n) is 7.33. The van der Waals surface area contributed by atoms with Crippen molar-refractivity contribution in [1.29, 1.82) is 0 Å². The SMILES string of the molecule is C=C(C)C(=O)OCC1CCC2OCCOCCOCCOCCOCCOC2C1. The Balaban J connectivity index is 1.79. The summed E-state index contributed by atoms with van der Waals surface area (Å²) in [6, 6.07) is 0. The fourth-order valence-corrected chi connectivity index (χ4v) is 3.30. The lowest BCUT2D eigenvalue weighted by Gasteiger charge is -2.35. The van der Waals surface area contributed by atoms with E-state index in [2.05, 4.69) is 6.58 Å². The molecule has 0 radical (unpaired) electrons. The van der Waals surface area contributed by atoms with Crippen LogP contribution in [0.5, 0.6) is 0 Å². The maximum absolute atomic E-state index is 11.7. The largest absolute Gasteiger partial charge is 0.462 e. The topological polar surface area (TPSA) is 81.7 Å². The van der Waals surface area contributed by atoms with Gasteiger partial charge in [-0.2, -0.15) is 0 Å². The average molecular weight is 417 g/mol. The van der Waals surface area contributed by atoms with E-state index in [0.29, 0.717) is 78.2 Å². The Morgan fingerprint density at radius 1 is 0.793 bits per heavy atom. The van der Waals surface area contributed by atoms with E-state index in [1.807, 2.05) is 0 Å². The Bertz CT molecular complexity index is 470. The minimum atomic E-state index is -0.342. The van der Waals surface area contributed by atoms with Crippen LogP contribution < -0.4 is 0 Å². The summed E-state index contributed by atoms with van der Waals surface area (Å²) in [5.41, 5.74) is 0.418. The predicted octanol–water partition coefficient (Wildman–Crippen LogP) is 1.76. The summed E-state index contributed by atoms with van der Waals surface area (Å²) in [6.07, 6.45) is 2.52. The van der Waals surface area contributed by atoms with E-state index in [-0.39, 0.29) is 24.1 Å². The maximum atomic E-state index is 11.7. The number of rotatable bonds is 3. The van der Waals surface area contributed by atoms with Crippen LogP contribution in [0.25, 0.3) is 0 Å². The van der Waals surface area contributed by atoms with E-state index in [1.54, 1.807) is 6.92 Å². The van der Waals surface area contributed by atoms with Gasteiger partial charge in [0, 0.05) is 5.57 Å². The quantitative estimate of drug-likeness (QED) is 0.509. The van der Waals surface area contributed by atoms with Crippen LogP contribution in [-0.2, 0) is 38.0 Å². The Morgan fingerprint density at radius 2 is 1.28 bits per heavy atom. The van der Waals surface area contributed by atoms with E-state index in [1.165, 1.54) is 0 Å². The van der Waals surface area contributed by atoms with Gasteiger partial charge in [-0.15, -0.1) is 0 Å². The first-order chi connectivity index (χ1) is 14.2. The highest BCUT2D eigenvalue weighted by atomic mass is 16.6. The molecule has 0 spiro atoms. The molecule has 168 valence electrons. The molecule has 8 heteroatoms. The lowest BCUT2D eigenvalue weighted by molar-refractivity contribution is -0.145. The standard InChI is InChI=1S/C21H36O8/c1-17(2)21(22)29-16-18-3-4-19-20(15-18)28-14-12-26-10-8-24-6-5-23-7-9-25-11-13-27-19/h18-20H,1,3-16H2,2H3. The van der Waals surface area contributed by atoms with Crippen LogP contribution >= 0.6 is 0 Å². The lowest BCUT2D eigenvalue weighted by Crippen LogP contribution is -2.40. The molecule has 1 saturated carbocycles. The van der Waals surface area contributed by atoms with Crippen molar-refractivity contribution >= 4 is 5.97 Å². The van der Waals surface area contributed by atoms with Gasteiger partial charge < -0.3 is 33.2 Å². The number of esters is 1. The molecular weight excluding hydrogens is 380 g/mol. The van der Waals surface area contributed by atoms with Gasteiger partial charge in [0.1, 0.15) is 0 Å². The number of hydrogen-bond acceptors (Lipinski definition) is 8. The van der Waals surface area contributed by atoms with Crippen molar-refractivity contribution < 1.29 is 38.0 Å². The van der Waals surface area contributed by atoms with Gasteiger partial charge in [0.2, 0.25) is 0 Å². The average Bonchev–Trinajstić information content (AvgIpc) is 2.71. The highest BCUT2D eigenvalue weighted by Crippen LogP contribution is 2.29. The zero-order chi connectivity index (χ0) is 20.7. The van der Waals surface area contributed by atoms with Crippen molar-refractivity contribution in [3.63, 3.8) is 0 Å². The minimum absolute atomic E-state index is 0.00478. The molecule has 0 aromatic rings. The molecule has 29 heavy (non-hydrogen) atoms. The smallest absolute Gasteiger partial charge is 0.333 e. The van der Waals surface area contributed by atoms with E-state index in [4.69, 9.17) is 33.2 Å². The third-order valence-electron chi connectivity index (χ3n) is 4.87. The Morgan fingerprint density at radius 3 is 1.79 bits per heavy atom. The summed E-state index contributed by atoms with van der Waals surface area (Å²) in [5, 5.41) is 0. The van der Waals surface area contributed by atoms with Crippen molar-refractivity contribution in [3.05, 3.63) is 12.2 Å². The predicted molar refractivity (Wildman–Crippen MR) is 106 cm³/mol. The van der Waals surface area contributed by atoms with Crippen molar-refractivity contribution in [2.24, 2.45) is 5.92 Å². The summed E-state index contributed by atoms with van der Waals surface area (Å²) in [7, 11) is 0. The third kappa shape index (κ3) is 10.5. The van der Waals surface area contributed by atoms with E-state index < -0.39 is 0 Å². The molecule has 2 rings (SSSR count). The summed E-state index contributed by atoms with van der Waals surface area (Å²) < 4.78 is 39.4. The Hall–Kier alpha value is -1.03. The first-order valence-corrected chi connectivity index (χ1v) is 10.5. The molecule has 3 atom stereocenters. The molecule has 3 unspecified atom stereocenters. The number of carbonyl (C=O) groups is 1. The van der Waals surface area contributed by atoms with E-state index in [9.17, 15) is 4.79 Å². The second kappa shape index (κ2) is 14.9.